The first kappa shape index (κ1) is 15.3. The van der Waals surface area contributed by atoms with Crippen molar-refractivity contribution in [3.05, 3.63) is 29.0 Å². The van der Waals surface area contributed by atoms with Crippen LogP contribution in [0.4, 0.5) is 4.39 Å². The SMILES string of the molecule is CCCNCC(Oc1cccc(Cl)c1F)C(C)C. The molecule has 1 aromatic carbocycles. The van der Waals surface area contributed by atoms with E-state index in [0.29, 0.717) is 12.5 Å². The Labute approximate surface area is 113 Å². The molecule has 1 atom stereocenters. The van der Waals surface area contributed by atoms with Crippen LogP contribution < -0.4 is 10.1 Å². The maximum Gasteiger partial charge on any atom is 0.183 e. The highest BCUT2D eigenvalue weighted by atomic mass is 35.5. The van der Waals surface area contributed by atoms with Gasteiger partial charge in [-0.1, -0.05) is 38.4 Å². The van der Waals surface area contributed by atoms with E-state index in [1.807, 2.05) is 0 Å². The Balaban J connectivity index is 2.68. The fourth-order valence-electron chi connectivity index (χ4n) is 1.57. The third-order valence-corrected chi connectivity index (χ3v) is 3.00. The van der Waals surface area contributed by atoms with Gasteiger partial charge in [0.2, 0.25) is 0 Å². The van der Waals surface area contributed by atoms with Crippen molar-refractivity contribution in [2.75, 3.05) is 13.1 Å². The van der Waals surface area contributed by atoms with Gasteiger partial charge in [0.05, 0.1) is 5.02 Å². The smallest absolute Gasteiger partial charge is 0.183 e. The van der Waals surface area contributed by atoms with Crippen molar-refractivity contribution in [2.24, 2.45) is 5.92 Å². The minimum absolute atomic E-state index is 0.0653. The molecule has 4 heteroatoms. The molecule has 0 aliphatic rings. The summed E-state index contributed by atoms with van der Waals surface area (Å²) < 4.78 is 19.4. The number of benzene rings is 1. The second-order valence-corrected chi connectivity index (χ2v) is 5.06. The molecule has 0 heterocycles. The van der Waals surface area contributed by atoms with Crippen LogP contribution in [0.25, 0.3) is 0 Å². The van der Waals surface area contributed by atoms with Gasteiger partial charge < -0.3 is 10.1 Å². The molecule has 1 aromatic rings. The first-order valence-corrected chi connectivity index (χ1v) is 6.75. The highest BCUT2D eigenvalue weighted by Crippen LogP contribution is 2.25. The lowest BCUT2D eigenvalue weighted by Gasteiger charge is -2.23. The van der Waals surface area contributed by atoms with Gasteiger partial charge in [0, 0.05) is 6.54 Å². The molecule has 102 valence electrons. The summed E-state index contributed by atoms with van der Waals surface area (Å²) in [4.78, 5) is 0. The summed E-state index contributed by atoms with van der Waals surface area (Å²) in [7, 11) is 0. The molecule has 0 bridgehead atoms. The van der Waals surface area contributed by atoms with Gasteiger partial charge in [-0.2, -0.15) is 0 Å². The summed E-state index contributed by atoms with van der Waals surface area (Å²) in [5.41, 5.74) is 0. The van der Waals surface area contributed by atoms with Crippen LogP contribution >= 0.6 is 11.6 Å². The molecular formula is C14H21ClFNO. The average Bonchev–Trinajstić information content (AvgIpc) is 2.33. The first-order chi connectivity index (χ1) is 8.56. The van der Waals surface area contributed by atoms with Gasteiger partial charge in [-0.3, -0.25) is 0 Å². The van der Waals surface area contributed by atoms with Gasteiger partial charge in [-0.15, -0.1) is 0 Å². The molecule has 1 unspecified atom stereocenters. The van der Waals surface area contributed by atoms with Crippen LogP contribution in [0.5, 0.6) is 5.75 Å². The maximum absolute atomic E-state index is 13.7. The normalized spacial score (nSPS) is 12.8. The molecule has 1 rings (SSSR count). The maximum atomic E-state index is 13.7. The van der Waals surface area contributed by atoms with E-state index in [4.69, 9.17) is 16.3 Å². The summed E-state index contributed by atoms with van der Waals surface area (Å²) in [5, 5.41) is 3.38. The lowest BCUT2D eigenvalue weighted by Crippen LogP contribution is -2.36. The second-order valence-electron chi connectivity index (χ2n) is 4.66. The quantitative estimate of drug-likeness (QED) is 0.761. The van der Waals surface area contributed by atoms with E-state index in [9.17, 15) is 4.39 Å². The lowest BCUT2D eigenvalue weighted by molar-refractivity contribution is 0.143. The number of hydrogen-bond donors (Lipinski definition) is 1. The predicted octanol–water partition coefficient (Wildman–Crippen LogP) is 3.88. The summed E-state index contributed by atoms with van der Waals surface area (Å²) in [5.74, 6) is 0.0348. The summed E-state index contributed by atoms with van der Waals surface area (Å²) in [6.07, 6.45) is 1.00. The van der Waals surface area contributed by atoms with E-state index in [-0.39, 0.29) is 16.9 Å². The Morgan fingerprint density at radius 3 is 2.72 bits per heavy atom. The largest absolute Gasteiger partial charge is 0.486 e. The van der Waals surface area contributed by atoms with E-state index < -0.39 is 5.82 Å². The van der Waals surface area contributed by atoms with Crippen molar-refractivity contribution in [2.45, 2.75) is 33.3 Å². The fourth-order valence-corrected chi connectivity index (χ4v) is 1.74. The van der Waals surface area contributed by atoms with Crippen molar-refractivity contribution in [1.29, 1.82) is 0 Å². The minimum atomic E-state index is -0.486. The Kier molecular flexibility index (Phi) is 6.44. The molecule has 0 spiro atoms. The Bertz CT molecular complexity index is 371. The molecular weight excluding hydrogens is 253 g/mol. The monoisotopic (exact) mass is 273 g/mol. The molecule has 0 aliphatic heterocycles. The van der Waals surface area contributed by atoms with Crippen LogP contribution in [0, 0.1) is 11.7 Å². The van der Waals surface area contributed by atoms with Crippen LogP contribution in [0.15, 0.2) is 18.2 Å². The third-order valence-electron chi connectivity index (χ3n) is 2.71. The summed E-state index contributed by atoms with van der Waals surface area (Å²) >= 11 is 5.73. The van der Waals surface area contributed by atoms with Gasteiger partial charge in [0.15, 0.2) is 11.6 Å². The van der Waals surface area contributed by atoms with Crippen molar-refractivity contribution >= 4 is 11.6 Å². The van der Waals surface area contributed by atoms with Crippen molar-refractivity contribution in [1.82, 2.24) is 5.32 Å². The predicted molar refractivity (Wildman–Crippen MR) is 73.8 cm³/mol. The lowest BCUT2D eigenvalue weighted by atomic mass is 10.1. The van der Waals surface area contributed by atoms with Gasteiger partial charge in [-0.25, -0.2) is 4.39 Å². The van der Waals surface area contributed by atoms with Crippen LogP contribution in [0.1, 0.15) is 27.2 Å². The molecule has 0 radical (unpaired) electrons. The van der Waals surface area contributed by atoms with E-state index in [1.54, 1.807) is 12.1 Å². The Morgan fingerprint density at radius 1 is 1.39 bits per heavy atom. The molecule has 1 N–H and O–H groups in total. The summed E-state index contributed by atoms with van der Waals surface area (Å²) in [6, 6.07) is 4.82. The highest BCUT2D eigenvalue weighted by Gasteiger charge is 2.17. The summed E-state index contributed by atoms with van der Waals surface area (Å²) in [6.45, 7) is 7.86. The molecule has 0 saturated heterocycles. The van der Waals surface area contributed by atoms with E-state index in [0.717, 1.165) is 13.0 Å². The van der Waals surface area contributed by atoms with Gasteiger partial charge in [0.1, 0.15) is 6.10 Å². The standard InChI is InChI=1S/C14H21ClFNO/c1-4-8-17-9-13(10(2)3)18-12-7-5-6-11(15)14(12)16/h5-7,10,13,17H,4,8-9H2,1-3H3. The number of ether oxygens (including phenoxy) is 1. The molecule has 0 saturated carbocycles. The van der Waals surface area contributed by atoms with E-state index in [2.05, 4.69) is 26.1 Å². The Morgan fingerprint density at radius 2 is 2.11 bits per heavy atom. The fraction of sp³-hybridized carbons (Fsp3) is 0.571. The van der Waals surface area contributed by atoms with Crippen LogP contribution in [0.3, 0.4) is 0 Å². The molecule has 2 nitrogen and oxygen atoms in total. The number of halogens is 2. The van der Waals surface area contributed by atoms with Crippen LogP contribution in [-0.2, 0) is 0 Å². The van der Waals surface area contributed by atoms with Gasteiger partial charge in [-0.05, 0) is 31.0 Å². The second kappa shape index (κ2) is 7.59. The van der Waals surface area contributed by atoms with E-state index >= 15 is 0 Å². The van der Waals surface area contributed by atoms with Crippen LogP contribution in [-0.4, -0.2) is 19.2 Å². The number of rotatable bonds is 7. The first-order valence-electron chi connectivity index (χ1n) is 6.37. The molecule has 0 aromatic heterocycles. The average molecular weight is 274 g/mol. The molecule has 0 amide bonds. The van der Waals surface area contributed by atoms with Crippen LogP contribution in [0.2, 0.25) is 5.02 Å². The van der Waals surface area contributed by atoms with E-state index in [1.165, 1.54) is 6.07 Å². The topological polar surface area (TPSA) is 21.3 Å². The van der Waals surface area contributed by atoms with Crippen molar-refractivity contribution in [3.8, 4) is 5.75 Å². The number of hydrogen-bond acceptors (Lipinski definition) is 2. The zero-order valence-corrected chi connectivity index (χ0v) is 11.9. The van der Waals surface area contributed by atoms with Crippen molar-refractivity contribution in [3.63, 3.8) is 0 Å². The highest BCUT2D eigenvalue weighted by molar-refractivity contribution is 6.30. The number of nitrogens with one attached hydrogen (secondary N) is 1. The minimum Gasteiger partial charge on any atom is -0.486 e. The molecule has 0 fully saturated rings. The molecule has 0 aliphatic carbocycles. The third kappa shape index (κ3) is 4.46. The van der Waals surface area contributed by atoms with Gasteiger partial charge >= 0.3 is 0 Å². The Hall–Kier alpha value is -0.800. The van der Waals surface area contributed by atoms with Gasteiger partial charge in [0.25, 0.3) is 0 Å². The molecule has 18 heavy (non-hydrogen) atoms. The zero-order chi connectivity index (χ0) is 13.5. The zero-order valence-electron chi connectivity index (χ0n) is 11.2. The van der Waals surface area contributed by atoms with Crippen molar-refractivity contribution < 1.29 is 9.13 Å².